The standard InChI is InChI=1S/C25H24BrN3O3/c1-31-20-11-13-21(14-12-20)32-16-4-15-29-23-6-3-2-5-22(23)28-24(29)17-27-25(30)18-7-9-19(26)10-8-18/h2-3,5-14H,4,15-17H2,1H3,(H,27,30). The average molecular weight is 494 g/mol. The maximum Gasteiger partial charge on any atom is 0.251 e. The van der Waals surface area contributed by atoms with Gasteiger partial charge in [-0.3, -0.25) is 4.79 Å². The number of para-hydroxylation sites is 2. The third-order valence-electron chi connectivity index (χ3n) is 5.10. The monoisotopic (exact) mass is 493 g/mol. The van der Waals surface area contributed by atoms with Gasteiger partial charge in [-0.05, 0) is 67.1 Å². The Morgan fingerprint density at radius 2 is 1.72 bits per heavy atom. The van der Waals surface area contributed by atoms with Gasteiger partial charge in [0.1, 0.15) is 17.3 Å². The quantitative estimate of drug-likeness (QED) is 0.325. The van der Waals surface area contributed by atoms with Crippen molar-refractivity contribution in [3.63, 3.8) is 0 Å². The van der Waals surface area contributed by atoms with Gasteiger partial charge in [-0.25, -0.2) is 4.98 Å². The van der Waals surface area contributed by atoms with Gasteiger partial charge in [0.05, 0.1) is 31.3 Å². The number of benzene rings is 3. The highest BCUT2D eigenvalue weighted by molar-refractivity contribution is 9.10. The van der Waals surface area contributed by atoms with Crippen molar-refractivity contribution in [1.29, 1.82) is 0 Å². The molecule has 3 aromatic carbocycles. The van der Waals surface area contributed by atoms with Crippen LogP contribution in [0, 0.1) is 0 Å². The van der Waals surface area contributed by atoms with Crippen LogP contribution < -0.4 is 14.8 Å². The van der Waals surface area contributed by atoms with E-state index in [4.69, 9.17) is 14.5 Å². The number of imidazole rings is 1. The molecule has 0 radical (unpaired) electrons. The molecule has 6 nitrogen and oxygen atoms in total. The maximum absolute atomic E-state index is 12.5. The number of carbonyl (C=O) groups is 1. The molecule has 0 saturated heterocycles. The fraction of sp³-hybridized carbons (Fsp3) is 0.200. The van der Waals surface area contributed by atoms with Crippen LogP contribution in [0.3, 0.4) is 0 Å². The van der Waals surface area contributed by atoms with Gasteiger partial charge in [-0.2, -0.15) is 0 Å². The Kier molecular flexibility index (Phi) is 7.07. The summed E-state index contributed by atoms with van der Waals surface area (Å²) < 4.78 is 14.1. The summed E-state index contributed by atoms with van der Waals surface area (Å²) in [5.74, 6) is 2.31. The Bertz CT molecular complexity index is 1190. The first-order chi connectivity index (χ1) is 15.6. The van der Waals surface area contributed by atoms with Crippen LogP contribution in [-0.4, -0.2) is 29.2 Å². The topological polar surface area (TPSA) is 65.4 Å². The van der Waals surface area contributed by atoms with Crippen molar-refractivity contribution in [2.45, 2.75) is 19.5 Å². The Hall–Kier alpha value is -3.32. The van der Waals surface area contributed by atoms with E-state index in [2.05, 4.69) is 25.8 Å². The van der Waals surface area contributed by atoms with Gasteiger partial charge in [0, 0.05) is 16.6 Å². The highest BCUT2D eigenvalue weighted by atomic mass is 79.9. The van der Waals surface area contributed by atoms with Crippen molar-refractivity contribution in [2.24, 2.45) is 0 Å². The number of amides is 1. The number of fused-ring (bicyclic) bond motifs is 1. The van der Waals surface area contributed by atoms with Gasteiger partial charge in [0.25, 0.3) is 5.91 Å². The van der Waals surface area contributed by atoms with E-state index in [1.807, 2.05) is 60.7 Å². The number of nitrogens with zero attached hydrogens (tertiary/aromatic N) is 2. The SMILES string of the molecule is COc1ccc(OCCCn2c(CNC(=O)c3ccc(Br)cc3)nc3ccccc32)cc1. The van der Waals surface area contributed by atoms with E-state index in [1.165, 1.54) is 0 Å². The predicted molar refractivity (Wildman–Crippen MR) is 128 cm³/mol. The molecule has 1 aromatic heterocycles. The first kappa shape index (κ1) is 21.9. The summed E-state index contributed by atoms with van der Waals surface area (Å²) in [5, 5.41) is 2.98. The normalized spacial score (nSPS) is 10.8. The summed E-state index contributed by atoms with van der Waals surface area (Å²) in [6.07, 6.45) is 0.806. The molecule has 4 rings (SSSR count). The molecule has 164 valence electrons. The summed E-state index contributed by atoms with van der Waals surface area (Å²) in [4.78, 5) is 17.3. The van der Waals surface area contributed by atoms with E-state index >= 15 is 0 Å². The van der Waals surface area contributed by atoms with Crippen LogP contribution in [0.4, 0.5) is 0 Å². The zero-order chi connectivity index (χ0) is 22.3. The molecule has 0 atom stereocenters. The highest BCUT2D eigenvalue weighted by Crippen LogP contribution is 2.19. The third kappa shape index (κ3) is 5.29. The molecule has 0 fully saturated rings. The lowest BCUT2D eigenvalue weighted by Crippen LogP contribution is -2.25. The molecule has 0 aliphatic heterocycles. The van der Waals surface area contributed by atoms with Crippen LogP contribution in [0.1, 0.15) is 22.6 Å². The molecule has 0 aliphatic carbocycles. The molecule has 0 bridgehead atoms. The number of halogens is 1. The second-order valence-electron chi connectivity index (χ2n) is 7.24. The van der Waals surface area contributed by atoms with Gasteiger partial charge < -0.3 is 19.4 Å². The van der Waals surface area contributed by atoms with Crippen LogP contribution in [0.15, 0.2) is 77.3 Å². The number of ether oxygens (including phenoxy) is 2. The molecule has 0 aliphatic rings. The van der Waals surface area contributed by atoms with Crippen LogP contribution in [0.25, 0.3) is 11.0 Å². The Labute approximate surface area is 195 Å². The molecule has 0 unspecified atom stereocenters. The van der Waals surface area contributed by atoms with Crippen molar-refractivity contribution in [3.8, 4) is 11.5 Å². The molecule has 1 amide bonds. The van der Waals surface area contributed by atoms with E-state index in [9.17, 15) is 4.79 Å². The van der Waals surface area contributed by atoms with Crippen LogP contribution in [-0.2, 0) is 13.1 Å². The van der Waals surface area contributed by atoms with Gasteiger partial charge in [0.15, 0.2) is 0 Å². The zero-order valence-corrected chi connectivity index (χ0v) is 19.3. The Balaban J connectivity index is 1.40. The van der Waals surface area contributed by atoms with Crippen molar-refractivity contribution < 1.29 is 14.3 Å². The molecule has 0 saturated carbocycles. The number of aromatic nitrogens is 2. The second-order valence-corrected chi connectivity index (χ2v) is 8.15. The molecule has 1 heterocycles. The molecular formula is C25H24BrN3O3. The smallest absolute Gasteiger partial charge is 0.251 e. The minimum absolute atomic E-state index is 0.126. The molecule has 1 N–H and O–H groups in total. The maximum atomic E-state index is 12.5. The number of rotatable bonds is 9. The van der Waals surface area contributed by atoms with Gasteiger partial charge >= 0.3 is 0 Å². The molecule has 0 spiro atoms. The summed E-state index contributed by atoms with van der Waals surface area (Å²) in [7, 11) is 1.64. The molecule has 7 heteroatoms. The van der Waals surface area contributed by atoms with E-state index < -0.39 is 0 Å². The van der Waals surface area contributed by atoms with E-state index in [0.29, 0.717) is 18.7 Å². The summed E-state index contributed by atoms with van der Waals surface area (Å²) >= 11 is 3.39. The lowest BCUT2D eigenvalue weighted by atomic mass is 10.2. The lowest BCUT2D eigenvalue weighted by molar-refractivity contribution is 0.0949. The van der Waals surface area contributed by atoms with E-state index in [1.54, 1.807) is 19.2 Å². The van der Waals surface area contributed by atoms with Gasteiger partial charge in [-0.1, -0.05) is 28.1 Å². The number of nitrogens with one attached hydrogen (secondary N) is 1. The summed E-state index contributed by atoms with van der Waals surface area (Å²) in [5.41, 5.74) is 2.57. The van der Waals surface area contributed by atoms with Crippen LogP contribution in [0.5, 0.6) is 11.5 Å². The molecule has 4 aromatic rings. The van der Waals surface area contributed by atoms with Crippen molar-refractivity contribution in [2.75, 3.05) is 13.7 Å². The van der Waals surface area contributed by atoms with Gasteiger partial charge in [-0.15, -0.1) is 0 Å². The number of aryl methyl sites for hydroxylation is 1. The van der Waals surface area contributed by atoms with E-state index in [0.717, 1.165) is 45.8 Å². The fourth-order valence-corrected chi connectivity index (χ4v) is 3.72. The first-order valence-corrected chi connectivity index (χ1v) is 11.2. The third-order valence-corrected chi connectivity index (χ3v) is 5.63. The van der Waals surface area contributed by atoms with Crippen LogP contribution >= 0.6 is 15.9 Å². The highest BCUT2D eigenvalue weighted by Gasteiger charge is 2.12. The number of methoxy groups -OCH3 is 1. The zero-order valence-electron chi connectivity index (χ0n) is 17.8. The second kappa shape index (κ2) is 10.3. The molecular weight excluding hydrogens is 470 g/mol. The van der Waals surface area contributed by atoms with Crippen molar-refractivity contribution >= 4 is 32.9 Å². The average Bonchev–Trinajstić information content (AvgIpc) is 3.18. The summed E-state index contributed by atoms with van der Waals surface area (Å²) in [6.45, 7) is 1.66. The summed E-state index contributed by atoms with van der Waals surface area (Å²) in [6, 6.07) is 22.8. The lowest BCUT2D eigenvalue weighted by Gasteiger charge is -2.11. The van der Waals surface area contributed by atoms with Gasteiger partial charge in [0.2, 0.25) is 0 Å². The predicted octanol–water partition coefficient (Wildman–Crippen LogP) is 5.21. The number of hydrogen-bond donors (Lipinski definition) is 1. The Morgan fingerprint density at radius 3 is 2.47 bits per heavy atom. The molecule has 32 heavy (non-hydrogen) atoms. The van der Waals surface area contributed by atoms with E-state index in [-0.39, 0.29) is 5.91 Å². The number of carbonyl (C=O) groups excluding carboxylic acids is 1. The van der Waals surface area contributed by atoms with Crippen molar-refractivity contribution in [3.05, 3.63) is 88.7 Å². The van der Waals surface area contributed by atoms with Crippen LogP contribution in [0.2, 0.25) is 0 Å². The fourth-order valence-electron chi connectivity index (χ4n) is 3.46. The minimum Gasteiger partial charge on any atom is -0.497 e. The number of hydrogen-bond acceptors (Lipinski definition) is 4. The largest absolute Gasteiger partial charge is 0.497 e. The Morgan fingerprint density at radius 1 is 1.00 bits per heavy atom. The first-order valence-electron chi connectivity index (χ1n) is 10.4. The van der Waals surface area contributed by atoms with Crippen molar-refractivity contribution in [1.82, 2.24) is 14.9 Å². The minimum atomic E-state index is -0.126.